The number of carbonyl (C=O) groups is 1. The maximum absolute atomic E-state index is 11.4. The second kappa shape index (κ2) is 7.13. The van der Waals surface area contributed by atoms with Gasteiger partial charge in [0, 0.05) is 22.8 Å². The Labute approximate surface area is 131 Å². The molecule has 0 fully saturated rings. The summed E-state index contributed by atoms with van der Waals surface area (Å²) < 4.78 is 6.06. The summed E-state index contributed by atoms with van der Waals surface area (Å²) in [5, 5.41) is 12.5. The van der Waals surface area contributed by atoms with Crippen LogP contribution in [-0.2, 0) is 4.79 Å². The molecule has 0 bridgehead atoms. The Kier molecular flexibility index (Phi) is 5.22. The highest BCUT2D eigenvalue weighted by molar-refractivity contribution is 9.10. The monoisotopic (exact) mass is 349 g/mol. The van der Waals surface area contributed by atoms with Crippen molar-refractivity contribution >= 4 is 27.6 Å². The Hall–Kier alpha value is -2.01. The first-order valence-electron chi connectivity index (χ1n) is 6.46. The number of benzene rings is 2. The first kappa shape index (κ1) is 15.4. The Morgan fingerprint density at radius 2 is 2.00 bits per heavy atom. The molecule has 2 rings (SSSR count). The van der Waals surface area contributed by atoms with E-state index in [1.807, 2.05) is 48.5 Å². The number of hydrogen-bond acceptors (Lipinski definition) is 3. The van der Waals surface area contributed by atoms with Crippen LogP contribution in [0.25, 0.3) is 0 Å². The standard InChI is InChI=1S/C16H16BrNO3/c1-21-14-8-12(17)7-13(9-14)18-10-15(16(19)20)11-5-3-2-4-6-11/h2-9,15,18H,10H2,1H3,(H,19,20). The average Bonchev–Trinajstić information content (AvgIpc) is 2.47. The lowest BCUT2D eigenvalue weighted by Crippen LogP contribution is -2.20. The van der Waals surface area contributed by atoms with Gasteiger partial charge in [-0.05, 0) is 17.7 Å². The van der Waals surface area contributed by atoms with Crippen LogP contribution in [0.15, 0.2) is 53.0 Å². The minimum atomic E-state index is -0.851. The van der Waals surface area contributed by atoms with E-state index in [9.17, 15) is 9.90 Å². The summed E-state index contributed by atoms with van der Waals surface area (Å²) in [6.07, 6.45) is 0. The van der Waals surface area contributed by atoms with Gasteiger partial charge < -0.3 is 15.2 Å². The van der Waals surface area contributed by atoms with Gasteiger partial charge in [0.1, 0.15) is 5.75 Å². The van der Waals surface area contributed by atoms with Gasteiger partial charge in [0.05, 0.1) is 13.0 Å². The molecule has 1 atom stereocenters. The van der Waals surface area contributed by atoms with Crippen molar-refractivity contribution in [3.05, 3.63) is 58.6 Å². The third-order valence-corrected chi connectivity index (χ3v) is 3.58. The Morgan fingerprint density at radius 1 is 1.29 bits per heavy atom. The zero-order chi connectivity index (χ0) is 15.2. The number of carboxylic acid groups (broad SMARTS) is 1. The first-order valence-corrected chi connectivity index (χ1v) is 7.25. The van der Waals surface area contributed by atoms with E-state index in [-0.39, 0.29) is 0 Å². The second-order valence-corrected chi connectivity index (χ2v) is 5.48. The summed E-state index contributed by atoms with van der Waals surface area (Å²) in [6, 6.07) is 14.7. The van der Waals surface area contributed by atoms with E-state index in [1.165, 1.54) is 0 Å². The summed E-state index contributed by atoms with van der Waals surface area (Å²) in [7, 11) is 1.59. The Morgan fingerprint density at radius 3 is 2.62 bits per heavy atom. The van der Waals surface area contributed by atoms with Gasteiger partial charge in [-0.2, -0.15) is 0 Å². The van der Waals surface area contributed by atoms with Crippen molar-refractivity contribution in [1.29, 1.82) is 0 Å². The number of halogens is 1. The minimum Gasteiger partial charge on any atom is -0.497 e. The molecule has 5 heteroatoms. The smallest absolute Gasteiger partial charge is 0.312 e. The normalized spacial score (nSPS) is 11.7. The summed E-state index contributed by atoms with van der Waals surface area (Å²) in [4.78, 5) is 11.4. The van der Waals surface area contributed by atoms with Gasteiger partial charge in [-0.15, -0.1) is 0 Å². The van der Waals surface area contributed by atoms with E-state index < -0.39 is 11.9 Å². The van der Waals surface area contributed by atoms with Gasteiger partial charge in [-0.1, -0.05) is 46.3 Å². The average molecular weight is 350 g/mol. The van der Waals surface area contributed by atoms with Crippen LogP contribution >= 0.6 is 15.9 Å². The number of nitrogens with one attached hydrogen (secondary N) is 1. The molecule has 0 saturated heterocycles. The van der Waals surface area contributed by atoms with Gasteiger partial charge >= 0.3 is 5.97 Å². The second-order valence-electron chi connectivity index (χ2n) is 4.56. The number of anilines is 1. The topological polar surface area (TPSA) is 58.6 Å². The largest absolute Gasteiger partial charge is 0.497 e. The molecule has 0 aromatic heterocycles. The zero-order valence-electron chi connectivity index (χ0n) is 11.5. The number of methoxy groups -OCH3 is 1. The van der Waals surface area contributed by atoms with Crippen molar-refractivity contribution in [2.75, 3.05) is 19.0 Å². The fraction of sp³-hybridized carbons (Fsp3) is 0.188. The molecular weight excluding hydrogens is 334 g/mol. The SMILES string of the molecule is COc1cc(Br)cc(NCC(C(=O)O)c2ccccc2)c1. The molecular formula is C16H16BrNO3. The number of ether oxygens (including phenoxy) is 1. The van der Waals surface area contributed by atoms with E-state index in [2.05, 4.69) is 21.2 Å². The van der Waals surface area contributed by atoms with Gasteiger partial charge in [-0.3, -0.25) is 4.79 Å². The lowest BCUT2D eigenvalue weighted by atomic mass is 9.99. The van der Waals surface area contributed by atoms with E-state index in [4.69, 9.17) is 4.74 Å². The molecule has 2 aromatic carbocycles. The summed E-state index contributed by atoms with van der Waals surface area (Å²) in [5.41, 5.74) is 1.59. The Bertz CT molecular complexity index is 616. The van der Waals surface area contributed by atoms with Crippen molar-refractivity contribution in [2.45, 2.75) is 5.92 Å². The van der Waals surface area contributed by atoms with E-state index >= 15 is 0 Å². The van der Waals surface area contributed by atoms with Crippen LogP contribution in [0.4, 0.5) is 5.69 Å². The predicted octanol–water partition coefficient (Wildman–Crippen LogP) is 3.74. The predicted molar refractivity (Wildman–Crippen MR) is 86.0 cm³/mol. The van der Waals surface area contributed by atoms with Crippen molar-refractivity contribution in [2.24, 2.45) is 0 Å². The molecule has 0 aliphatic rings. The molecule has 110 valence electrons. The highest BCUT2D eigenvalue weighted by Gasteiger charge is 2.19. The maximum atomic E-state index is 11.4. The van der Waals surface area contributed by atoms with Crippen LogP contribution < -0.4 is 10.1 Å². The van der Waals surface area contributed by atoms with E-state index in [0.29, 0.717) is 12.3 Å². The summed E-state index contributed by atoms with van der Waals surface area (Å²) in [6.45, 7) is 0.305. The number of rotatable bonds is 6. The Balaban J connectivity index is 2.13. The summed E-state index contributed by atoms with van der Waals surface area (Å²) in [5.74, 6) is -0.745. The molecule has 0 saturated carbocycles. The number of aliphatic carboxylic acids is 1. The quantitative estimate of drug-likeness (QED) is 0.833. The van der Waals surface area contributed by atoms with Crippen LogP contribution in [0.2, 0.25) is 0 Å². The first-order chi connectivity index (χ1) is 10.1. The highest BCUT2D eigenvalue weighted by Crippen LogP contribution is 2.25. The molecule has 4 nitrogen and oxygen atoms in total. The van der Waals surface area contributed by atoms with Gasteiger partial charge in [0.15, 0.2) is 0 Å². The van der Waals surface area contributed by atoms with E-state index in [0.717, 1.165) is 15.7 Å². The van der Waals surface area contributed by atoms with Crippen LogP contribution in [0.5, 0.6) is 5.75 Å². The number of carboxylic acids is 1. The van der Waals surface area contributed by atoms with Gasteiger partial charge in [0.25, 0.3) is 0 Å². The minimum absolute atomic E-state index is 0.305. The molecule has 0 aliphatic heterocycles. The van der Waals surface area contributed by atoms with Crippen LogP contribution in [-0.4, -0.2) is 24.7 Å². The molecule has 0 aliphatic carbocycles. The highest BCUT2D eigenvalue weighted by atomic mass is 79.9. The number of hydrogen-bond donors (Lipinski definition) is 2. The fourth-order valence-electron chi connectivity index (χ4n) is 2.04. The van der Waals surface area contributed by atoms with Crippen LogP contribution in [0.1, 0.15) is 11.5 Å². The molecule has 21 heavy (non-hydrogen) atoms. The molecule has 0 radical (unpaired) electrons. The van der Waals surface area contributed by atoms with Crippen LogP contribution in [0.3, 0.4) is 0 Å². The fourth-order valence-corrected chi connectivity index (χ4v) is 2.51. The molecule has 0 amide bonds. The van der Waals surface area contributed by atoms with Crippen molar-refractivity contribution in [1.82, 2.24) is 0 Å². The lowest BCUT2D eigenvalue weighted by Gasteiger charge is -2.15. The van der Waals surface area contributed by atoms with Crippen molar-refractivity contribution < 1.29 is 14.6 Å². The van der Waals surface area contributed by atoms with Crippen molar-refractivity contribution in [3.8, 4) is 5.75 Å². The van der Waals surface area contributed by atoms with Crippen molar-refractivity contribution in [3.63, 3.8) is 0 Å². The molecule has 2 aromatic rings. The van der Waals surface area contributed by atoms with E-state index in [1.54, 1.807) is 7.11 Å². The maximum Gasteiger partial charge on any atom is 0.312 e. The zero-order valence-corrected chi connectivity index (χ0v) is 13.1. The molecule has 0 heterocycles. The van der Waals surface area contributed by atoms with Crippen LogP contribution in [0, 0.1) is 0 Å². The molecule has 0 spiro atoms. The lowest BCUT2D eigenvalue weighted by molar-refractivity contribution is -0.138. The summed E-state index contributed by atoms with van der Waals surface area (Å²) >= 11 is 3.40. The molecule has 1 unspecified atom stereocenters. The van der Waals surface area contributed by atoms with Gasteiger partial charge in [0.2, 0.25) is 0 Å². The molecule has 2 N–H and O–H groups in total. The third-order valence-electron chi connectivity index (χ3n) is 3.12. The van der Waals surface area contributed by atoms with Gasteiger partial charge in [-0.25, -0.2) is 0 Å². The third kappa shape index (κ3) is 4.23.